The Bertz CT molecular complexity index is 829. The maximum atomic E-state index is 11.7. The van der Waals surface area contributed by atoms with Crippen molar-refractivity contribution in [1.29, 1.82) is 0 Å². The van der Waals surface area contributed by atoms with Crippen LogP contribution in [0.5, 0.6) is 11.5 Å². The van der Waals surface area contributed by atoms with Crippen LogP contribution >= 0.6 is 0 Å². The highest BCUT2D eigenvalue weighted by Gasteiger charge is 2.10. The van der Waals surface area contributed by atoms with Crippen molar-refractivity contribution in [2.75, 3.05) is 13.7 Å². The average molecular weight is 339 g/mol. The molecule has 1 aromatic heterocycles. The van der Waals surface area contributed by atoms with Crippen LogP contribution in [0.2, 0.25) is 0 Å². The Hall–Kier alpha value is -3.28. The van der Waals surface area contributed by atoms with E-state index in [9.17, 15) is 4.79 Å². The normalized spacial score (nSPS) is 10.3. The summed E-state index contributed by atoms with van der Waals surface area (Å²) in [4.78, 5) is 11.7. The van der Waals surface area contributed by atoms with Crippen molar-refractivity contribution >= 4 is 5.97 Å². The molecule has 0 atom stereocenters. The highest BCUT2D eigenvalue weighted by atomic mass is 16.6. The summed E-state index contributed by atoms with van der Waals surface area (Å²) in [6.07, 6.45) is 0. The number of rotatable bonds is 7. The molecule has 3 rings (SSSR count). The summed E-state index contributed by atoms with van der Waals surface area (Å²) in [5.41, 5.74) is 1.35. The van der Waals surface area contributed by atoms with Crippen molar-refractivity contribution in [2.24, 2.45) is 0 Å². The minimum atomic E-state index is -0.477. The molecule has 0 aliphatic heterocycles. The van der Waals surface area contributed by atoms with Gasteiger partial charge in [0.05, 0.1) is 7.11 Å². The number of ether oxygens (including phenoxy) is 3. The zero-order valence-corrected chi connectivity index (χ0v) is 13.7. The maximum Gasteiger partial charge on any atom is 0.344 e. The molecule has 0 radical (unpaired) electrons. The second-order valence-corrected chi connectivity index (χ2v) is 5.18. The standard InChI is InChI=1S/C19H17NO5/c1-22-17-9-5-6-14(10-17)18-11-15(20-25-18)12-24-19(21)13-23-16-7-3-2-4-8-16/h2-11H,12-13H2,1H3. The number of benzene rings is 2. The summed E-state index contributed by atoms with van der Waals surface area (Å²) in [6.45, 7) is -0.144. The number of aromatic nitrogens is 1. The van der Waals surface area contributed by atoms with Gasteiger partial charge in [0.2, 0.25) is 0 Å². The molecule has 128 valence electrons. The molecular formula is C19H17NO5. The lowest BCUT2D eigenvalue weighted by molar-refractivity contribution is -0.147. The first kappa shape index (κ1) is 16.6. The molecule has 0 spiro atoms. The largest absolute Gasteiger partial charge is 0.497 e. The monoisotopic (exact) mass is 339 g/mol. The van der Waals surface area contributed by atoms with Gasteiger partial charge in [0.1, 0.15) is 23.8 Å². The van der Waals surface area contributed by atoms with E-state index >= 15 is 0 Å². The first-order chi connectivity index (χ1) is 12.2. The highest BCUT2D eigenvalue weighted by Crippen LogP contribution is 2.24. The first-order valence-corrected chi connectivity index (χ1v) is 7.68. The predicted molar refractivity (Wildman–Crippen MR) is 90.2 cm³/mol. The van der Waals surface area contributed by atoms with Gasteiger partial charge in [-0.05, 0) is 24.3 Å². The molecule has 0 amide bonds. The molecule has 0 bridgehead atoms. The van der Waals surface area contributed by atoms with E-state index in [1.54, 1.807) is 25.3 Å². The molecule has 2 aromatic carbocycles. The third kappa shape index (κ3) is 4.60. The third-order valence-corrected chi connectivity index (χ3v) is 3.39. The van der Waals surface area contributed by atoms with Crippen molar-refractivity contribution in [3.8, 4) is 22.8 Å². The van der Waals surface area contributed by atoms with Gasteiger partial charge in [0, 0.05) is 11.6 Å². The van der Waals surface area contributed by atoms with Crippen molar-refractivity contribution in [3.63, 3.8) is 0 Å². The fourth-order valence-corrected chi connectivity index (χ4v) is 2.15. The average Bonchev–Trinajstić information content (AvgIpc) is 3.15. The molecular weight excluding hydrogens is 322 g/mol. The number of carbonyl (C=O) groups excluding carboxylic acids is 1. The van der Waals surface area contributed by atoms with Crippen molar-refractivity contribution < 1.29 is 23.5 Å². The fourth-order valence-electron chi connectivity index (χ4n) is 2.15. The number of methoxy groups -OCH3 is 1. The van der Waals surface area contributed by atoms with E-state index in [1.807, 2.05) is 42.5 Å². The van der Waals surface area contributed by atoms with Crippen LogP contribution in [0.3, 0.4) is 0 Å². The van der Waals surface area contributed by atoms with Crippen LogP contribution < -0.4 is 9.47 Å². The van der Waals surface area contributed by atoms with Crippen molar-refractivity contribution in [2.45, 2.75) is 6.61 Å². The molecule has 0 N–H and O–H groups in total. The van der Waals surface area contributed by atoms with Crippen LogP contribution in [0.25, 0.3) is 11.3 Å². The minimum Gasteiger partial charge on any atom is -0.497 e. The van der Waals surface area contributed by atoms with Crippen LogP contribution in [0.4, 0.5) is 0 Å². The molecule has 0 unspecified atom stereocenters. The summed E-state index contributed by atoms with van der Waals surface area (Å²) in [5, 5.41) is 3.90. The SMILES string of the molecule is COc1cccc(-c2cc(COC(=O)COc3ccccc3)no2)c1. The number of hydrogen-bond donors (Lipinski definition) is 0. The molecule has 6 nitrogen and oxygen atoms in total. The van der Waals surface area contributed by atoms with E-state index in [0.29, 0.717) is 17.2 Å². The molecule has 25 heavy (non-hydrogen) atoms. The summed E-state index contributed by atoms with van der Waals surface area (Å²) < 4.78 is 20.9. The zero-order chi connectivity index (χ0) is 17.5. The maximum absolute atomic E-state index is 11.7. The molecule has 0 aliphatic carbocycles. The van der Waals surface area contributed by atoms with E-state index in [2.05, 4.69) is 5.16 Å². The quantitative estimate of drug-likeness (QED) is 0.614. The van der Waals surface area contributed by atoms with Crippen LogP contribution in [0.1, 0.15) is 5.69 Å². The van der Waals surface area contributed by atoms with Crippen LogP contribution in [0.15, 0.2) is 65.2 Å². The predicted octanol–water partition coefficient (Wildman–Crippen LogP) is 3.47. The summed E-state index contributed by atoms with van der Waals surface area (Å²) in [5.74, 6) is 1.43. The highest BCUT2D eigenvalue weighted by molar-refractivity contribution is 5.71. The van der Waals surface area contributed by atoms with Gasteiger partial charge < -0.3 is 18.7 Å². The van der Waals surface area contributed by atoms with E-state index in [0.717, 1.165) is 11.3 Å². The van der Waals surface area contributed by atoms with Gasteiger partial charge in [-0.3, -0.25) is 0 Å². The number of nitrogens with zero attached hydrogens (tertiary/aromatic N) is 1. The molecule has 0 aliphatic rings. The lowest BCUT2D eigenvalue weighted by Crippen LogP contribution is -2.14. The molecule has 3 aromatic rings. The number of carbonyl (C=O) groups is 1. The topological polar surface area (TPSA) is 70.8 Å². The lowest BCUT2D eigenvalue weighted by atomic mass is 10.1. The Morgan fingerprint density at radius 1 is 1.04 bits per heavy atom. The Labute approximate surface area is 144 Å². The summed E-state index contributed by atoms with van der Waals surface area (Å²) in [7, 11) is 1.60. The smallest absolute Gasteiger partial charge is 0.344 e. The number of para-hydroxylation sites is 1. The minimum absolute atomic E-state index is 0.0183. The fraction of sp³-hybridized carbons (Fsp3) is 0.158. The van der Waals surface area contributed by atoms with Crippen LogP contribution in [-0.4, -0.2) is 24.8 Å². The summed E-state index contributed by atoms with van der Waals surface area (Å²) >= 11 is 0. The van der Waals surface area contributed by atoms with Crippen molar-refractivity contribution in [3.05, 3.63) is 66.4 Å². The van der Waals surface area contributed by atoms with Gasteiger partial charge in [-0.15, -0.1) is 0 Å². The van der Waals surface area contributed by atoms with Gasteiger partial charge in [-0.25, -0.2) is 4.79 Å². The van der Waals surface area contributed by atoms with Gasteiger partial charge >= 0.3 is 5.97 Å². The van der Waals surface area contributed by atoms with Gasteiger partial charge in [-0.1, -0.05) is 35.5 Å². The lowest BCUT2D eigenvalue weighted by Gasteiger charge is -2.05. The Kier molecular flexibility index (Phi) is 5.31. The Morgan fingerprint density at radius 2 is 1.84 bits per heavy atom. The second-order valence-electron chi connectivity index (χ2n) is 5.18. The van der Waals surface area contributed by atoms with Gasteiger partial charge in [0.15, 0.2) is 12.4 Å². The van der Waals surface area contributed by atoms with E-state index in [4.69, 9.17) is 18.7 Å². The Morgan fingerprint density at radius 3 is 2.64 bits per heavy atom. The van der Waals surface area contributed by atoms with Crippen LogP contribution in [-0.2, 0) is 16.1 Å². The molecule has 1 heterocycles. The van der Waals surface area contributed by atoms with Crippen molar-refractivity contribution in [1.82, 2.24) is 5.16 Å². The van der Waals surface area contributed by atoms with Gasteiger partial charge in [-0.2, -0.15) is 0 Å². The molecule has 0 saturated carbocycles. The molecule has 0 fully saturated rings. The van der Waals surface area contributed by atoms with E-state index in [-0.39, 0.29) is 13.2 Å². The third-order valence-electron chi connectivity index (χ3n) is 3.39. The number of hydrogen-bond acceptors (Lipinski definition) is 6. The first-order valence-electron chi connectivity index (χ1n) is 7.68. The van der Waals surface area contributed by atoms with Gasteiger partial charge in [0.25, 0.3) is 0 Å². The number of esters is 1. The summed E-state index contributed by atoms with van der Waals surface area (Å²) in [6, 6.07) is 18.2. The molecule has 0 saturated heterocycles. The Balaban J connectivity index is 1.52. The molecule has 6 heteroatoms. The van der Waals surface area contributed by atoms with E-state index in [1.165, 1.54) is 0 Å². The van der Waals surface area contributed by atoms with Crippen LogP contribution in [0, 0.1) is 0 Å². The van der Waals surface area contributed by atoms with E-state index < -0.39 is 5.97 Å². The zero-order valence-electron chi connectivity index (χ0n) is 13.7. The second kappa shape index (κ2) is 8.01.